The number of halogens is 1. The Hall–Kier alpha value is -2.43. The Morgan fingerprint density at radius 3 is 2.41 bits per heavy atom. The molecule has 1 aromatic heterocycles. The van der Waals surface area contributed by atoms with E-state index in [0.717, 1.165) is 24.0 Å². The highest BCUT2D eigenvalue weighted by Gasteiger charge is 2.44. The van der Waals surface area contributed by atoms with Crippen LogP contribution in [-0.2, 0) is 12.0 Å². The minimum absolute atomic E-state index is 0.0261. The van der Waals surface area contributed by atoms with E-state index in [2.05, 4.69) is 15.6 Å². The van der Waals surface area contributed by atoms with Crippen molar-refractivity contribution in [3.63, 3.8) is 0 Å². The van der Waals surface area contributed by atoms with E-state index in [1.807, 2.05) is 12.1 Å². The molecule has 4 nitrogen and oxygen atoms in total. The van der Waals surface area contributed by atoms with Crippen molar-refractivity contribution in [3.05, 3.63) is 65.7 Å². The fourth-order valence-corrected chi connectivity index (χ4v) is 2.52. The van der Waals surface area contributed by atoms with E-state index in [-0.39, 0.29) is 17.3 Å². The molecule has 1 aromatic carbocycles. The lowest BCUT2D eigenvalue weighted by atomic mass is 9.96. The molecule has 0 saturated heterocycles. The Bertz CT molecular complexity index is 639. The maximum absolute atomic E-state index is 13.0. The van der Waals surface area contributed by atoms with Crippen molar-refractivity contribution in [3.8, 4) is 0 Å². The molecule has 2 aromatic rings. The molecule has 114 valence electrons. The van der Waals surface area contributed by atoms with Crippen LogP contribution in [0.25, 0.3) is 0 Å². The molecule has 1 fully saturated rings. The highest BCUT2D eigenvalue weighted by atomic mass is 19.1. The first kappa shape index (κ1) is 14.5. The van der Waals surface area contributed by atoms with Crippen molar-refractivity contribution in [2.24, 2.45) is 0 Å². The summed E-state index contributed by atoms with van der Waals surface area (Å²) in [6.07, 6.45) is 5.43. The third kappa shape index (κ3) is 3.42. The summed E-state index contributed by atoms with van der Waals surface area (Å²) in [5.41, 5.74) is 2.06. The number of nitrogens with one attached hydrogen (secondary N) is 2. The fourth-order valence-electron chi connectivity index (χ4n) is 2.52. The highest BCUT2D eigenvalue weighted by molar-refractivity contribution is 5.74. The maximum Gasteiger partial charge on any atom is 0.315 e. The second kappa shape index (κ2) is 6.13. The van der Waals surface area contributed by atoms with Crippen molar-refractivity contribution in [1.29, 1.82) is 0 Å². The van der Waals surface area contributed by atoms with Crippen molar-refractivity contribution in [2.45, 2.75) is 24.8 Å². The van der Waals surface area contributed by atoms with Gasteiger partial charge in [-0.25, -0.2) is 9.18 Å². The van der Waals surface area contributed by atoms with Gasteiger partial charge in [0.25, 0.3) is 0 Å². The zero-order valence-corrected chi connectivity index (χ0v) is 12.2. The number of aromatic nitrogens is 1. The van der Waals surface area contributed by atoms with Gasteiger partial charge in [0, 0.05) is 30.9 Å². The van der Waals surface area contributed by atoms with Crippen LogP contribution in [0.5, 0.6) is 0 Å². The molecule has 0 radical (unpaired) electrons. The molecule has 1 heterocycles. The van der Waals surface area contributed by atoms with Crippen molar-refractivity contribution in [1.82, 2.24) is 15.6 Å². The van der Waals surface area contributed by atoms with Crippen LogP contribution in [0.15, 0.2) is 48.8 Å². The monoisotopic (exact) mass is 299 g/mol. The third-order valence-corrected chi connectivity index (χ3v) is 4.10. The average Bonchev–Trinajstić information content (AvgIpc) is 3.34. The summed E-state index contributed by atoms with van der Waals surface area (Å²) in [7, 11) is 0. The molecule has 3 rings (SSSR count). The number of benzene rings is 1. The average molecular weight is 299 g/mol. The summed E-state index contributed by atoms with van der Waals surface area (Å²) >= 11 is 0. The molecule has 0 spiro atoms. The number of carbonyl (C=O) groups is 1. The van der Waals surface area contributed by atoms with Crippen molar-refractivity contribution in [2.75, 3.05) is 6.54 Å². The number of rotatable bonds is 5. The van der Waals surface area contributed by atoms with Gasteiger partial charge in [-0.15, -0.1) is 0 Å². The van der Waals surface area contributed by atoms with Gasteiger partial charge in [-0.05, 0) is 48.2 Å². The Balaban J connectivity index is 1.49. The van der Waals surface area contributed by atoms with Gasteiger partial charge in [-0.3, -0.25) is 4.98 Å². The Kier molecular flexibility index (Phi) is 4.04. The molecular formula is C17H18FN3O. The van der Waals surface area contributed by atoms with E-state index in [4.69, 9.17) is 0 Å². The Morgan fingerprint density at radius 2 is 1.77 bits per heavy atom. The van der Waals surface area contributed by atoms with E-state index in [9.17, 15) is 9.18 Å². The summed E-state index contributed by atoms with van der Waals surface area (Å²) in [5, 5.41) is 5.73. The van der Waals surface area contributed by atoms with Gasteiger partial charge < -0.3 is 10.6 Å². The molecule has 1 aliphatic carbocycles. The molecule has 1 saturated carbocycles. The zero-order chi connectivity index (χ0) is 15.4. The zero-order valence-electron chi connectivity index (χ0n) is 12.2. The fraction of sp³-hybridized carbons (Fsp3) is 0.294. The molecule has 2 N–H and O–H groups in total. The van der Waals surface area contributed by atoms with Gasteiger partial charge in [0.05, 0.1) is 0 Å². The quantitative estimate of drug-likeness (QED) is 0.892. The second-order valence-electron chi connectivity index (χ2n) is 5.68. The number of amides is 2. The smallest absolute Gasteiger partial charge is 0.315 e. The van der Waals surface area contributed by atoms with E-state index in [1.54, 1.807) is 24.5 Å². The first-order valence-corrected chi connectivity index (χ1v) is 7.35. The lowest BCUT2D eigenvalue weighted by molar-refractivity contribution is 0.239. The molecule has 0 unspecified atom stereocenters. The molecule has 1 aliphatic rings. The normalized spacial score (nSPS) is 15.1. The van der Waals surface area contributed by atoms with Crippen LogP contribution in [0.4, 0.5) is 9.18 Å². The number of carbonyl (C=O) groups excluding carboxylic acids is 1. The molecule has 0 atom stereocenters. The van der Waals surface area contributed by atoms with Crippen LogP contribution in [0.3, 0.4) is 0 Å². The van der Waals surface area contributed by atoms with Crippen LogP contribution in [0.1, 0.15) is 24.0 Å². The summed E-state index contributed by atoms with van der Waals surface area (Å²) in [6.45, 7) is 1.04. The molecular weight excluding hydrogens is 281 g/mol. The maximum atomic E-state index is 13.0. The molecule has 0 bridgehead atoms. The third-order valence-electron chi connectivity index (χ3n) is 4.10. The largest absolute Gasteiger partial charge is 0.337 e. The summed E-state index contributed by atoms with van der Waals surface area (Å²) in [4.78, 5) is 15.8. The Morgan fingerprint density at radius 1 is 1.09 bits per heavy atom. The van der Waals surface area contributed by atoms with Gasteiger partial charge >= 0.3 is 6.03 Å². The van der Waals surface area contributed by atoms with Crippen molar-refractivity contribution < 1.29 is 9.18 Å². The molecule has 0 aliphatic heterocycles. The standard InChI is InChI=1S/C17H18FN3O/c18-15-3-1-14(2-4-15)17(7-8-17)12-21-16(22)20-11-13-5-9-19-10-6-13/h1-6,9-10H,7-8,11-12H2,(H2,20,21,22). The lowest BCUT2D eigenvalue weighted by Gasteiger charge is -2.17. The number of urea groups is 1. The minimum atomic E-state index is -0.234. The van der Waals surface area contributed by atoms with E-state index in [1.165, 1.54) is 12.1 Å². The highest BCUT2D eigenvalue weighted by Crippen LogP contribution is 2.47. The van der Waals surface area contributed by atoms with Gasteiger partial charge in [-0.1, -0.05) is 12.1 Å². The van der Waals surface area contributed by atoms with Gasteiger partial charge in [0.1, 0.15) is 5.82 Å². The number of hydrogen-bond donors (Lipinski definition) is 2. The van der Waals surface area contributed by atoms with E-state index >= 15 is 0 Å². The van der Waals surface area contributed by atoms with E-state index in [0.29, 0.717) is 13.1 Å². The predicted molar refractivity (Wildman–Crippen MR) is 81.8 cm³/mol. The van der Waals surface area contributed by atoms with Gasteiger partial charge in [0.15, 0.2) is 0 Å². The van der Waals surface area contributed by atoms with Crippen LogP contribution in [0, 0.1) is 5.82 Å². The first-order chi connectivity index (χ1) is 10.7. The lowest BCUT2D eigenvalue weighted by Crippen LogP contribution is -2.39. The van der Waals surface area contributed by atoms with E-state index < -0.39 is 0 Å². The van der Waals surface area contributed by atoms with Crippen LogP contribution in [-0.4, -0.2) is 17.6 Å². The minimum Gasteiger partial charge on any atom is -0.337 e. The Labute approximate surface area is 128 Å². The topological polar surface area (TPSA) is 54.0 Å². The van der Waals surface area contributed by atoms with Crippen molar-refractivity contribution >= 4 is 6.03 Å². The summed E-state index contributed by atoms with van der Waals surface area (Å²) in [5.74, 6) is -0.234. The number of pyridine rings is 1. The number of nitrogens with zero attached hydrogens (tertiary/aromatic N) is 1. The van der Waals surface area contributed by atoms with Gasteiger partial charge in [0.2, 0.25) is 0 Å². The SMILES string of the molecule is O=C(NCc1ccncc1)NCC1(c2ccc(F)cc2)CC1. The summed E-state index contributed by atoms with van der Waals surface area (Å²) < 4.78 is 13.0. The molecule has 22 heavy (non-hydrogen) atoms. The van der Waals surface area contributed by atoms with Crippen LogP contribution in [0.2, 0.25) is 0 Å². The first-order valence-electron chi connectivity index (χ1n) is 7.35. The number of hydrogen-bond acceptors (Lipinski definition) is 2. The molecule has 2 amide bonds. The summed E-state index contributed by atoms with van der Waals surface area (Å²) in [6, 6.07) is 10.1. The molecule has 5 heteroatoms. The van der Waals surface area contributed by atoms with Gasteiger partial charge in [-0.2, -0.15) is 0 Å². The predicted octanol–water partition coefficient (Wildman–Crippen LogP) is 2.75. The van der Waals surface area contributed by atoms with Crippen LogP contribution >= 0.6 is 0 Å². The second-order valence-corrected chi connectivity index (χ2v) is 5.68. The van der Waals surface area contributed by atoms with Crippen LogP contribution < -0.4 is 10.6 Å².